The van der Waals surface area contributed by atoms with Gasteiger partial charge in [0.15, 0.2) is 0 Å². The van der Waals surface area contributed by atoms with E-state index in [0.29, 0.717) is 13.2 Å². The van der Waals surface area contributed by atoms with Gasteiger partial charge < -0.3 is 14.7 Å². The summed E-state index contributed by atoms with van der Waals surface area (Å²) in [5.41, 5.74) is 1.07. The number of nitrogens with zero attached hydrogens (tertiary/aromatic N) is 2. The second kappa shape index (κ2) is 8.24. The maximum absolute atomic E-state index is 13.0. The van der Waals surface area contributed by atoms with Crippen molar-refractivity contribution in [2.45, 2.75) is 31.8 Å². The molecule has 4 atom stereocenters. The quantitative estimate of drug-likeness (QED) is 0.809. The summed E-state index contributed by atoms with van der Waals surface area (Å²) in [5, 5.41) is 10.3. The molecule has 1 aromatic carbocycles. The topological polar surface area (TPSA) is 35.9 Å². The number of ether oxygens (including phenoxy) is 1. The summed E-state index contributed by atoms with van der Waals surface area (Å²) in [6, 6.07) is 6.70. The number of anilines is 1. The van der Waals surface area contributed by atoms with Gasteiger partial charge in [-0.15, -0.1) is 0 Å². The zero-order chi connectivity index (χ0) is 17.9. The van der Waals surface area contributed by atoms with Crippen LogP contribution in [0.5, 0.6) is 0 Å². The van der Waals surface area contributed by atoms with Gasteiger partial charge >= 0.3 is 0 Å². The second-order valence-electron chi connectivity index (χ2n) is 8.39. The first kappa shape index (κ1) is 18.2. The zero-order valence-corrected chi connectivity index (χ0v) is 15.5. The molecule has 0 radical (unpaired) electrons. The zero-order valence-electron chi connectivity index (χ0n) is 15.5. The normalized spacial score (nSPS) is 30.1. The Hall–Kier alpha value is -1.17. The molecule has 0 spiro atoms. The lowest BCUT2D eigenvalue weighted by molar-refractivity contribution is -0.00274. The van der Waals surface area contributed by atoms with Crippen LogP contribution in [0.1, 0.15) is 25.7 Å². The third kappa shape index (κ3) is 4.38. The van der Waals surface area contributed by atoms with Crippen molar-refractivity contribution >= 4 is 5.69 Å². The number of piperazine rings is 1. The number of β-amino-alcohol motifs (C(OH)–C–C–N with tert-alkyl or cyclic N) is 1. The Morgan fingerprint density at radius 1 is 1.08 bits per heavy atom. The molecule has 0 amide bonds. The molecule has 144 valence electrons. The number of hydrogen-bond donors (Lipinski definition) is 1. The van der Waals surface area contributed by atoms with Crippen molar-refractivity contribution < 1.29 is 14.2 Å². The monoisotopic (exact) mass is 362 g/mol. The molecule has 3 fully saturated rings. The van der Waals surface area contributed by atoms with E-state index in [9.17, 15) is 9.50 Å². The molecule has 2 saturated carbocycles. The number of benzene rings is 1. The van der Waals surface area contributed by atoms with Crippen LogP contribution in [0.25, 0.3) is 0 Å². The van der Waals surface area contributed by atoms with Crippen molar-refractivity contribution in [3.8, 4) is 0 Å². The molecule has 5 heteroatoms. The highest BCUT2D eigenvalue weighted by Gasteiger charge is 2.39. The Morgan fingerprint density at radius 2 is 1.85 bits per heavy atom. The lowest BCUT2D eigenvalue weighted by Crippen LogP contribution is -2.49. The van der Waals surface area contributed by atoms with Gasteiger partial charge in [-0.3, -0.25) is 4.90 Å². The molecule has 1 aliphatic heterocycles. The van der Waals surface area contributed by atoms with Crippen LogP contribution in [0, 0.1) is 23.6 Å². The lowest BCUT2D eigenvalue weighted by atomic mass is 9.90. The van der Waals surface area contributed by atoms with E-state index in [1.165, 1.54) is 37.8 Å². The Balaban J connectivity index is 1.13. The van der Waals surface area contributed by atoms with E-state index >= 15 is 0 Å². The van der Waals surface area contributed by atoms with Gasteiger partial charge in [0.2, 0.25) is 0 Å². The minimum atomic E-state index is -0.411. The van der Waals surface area contributed by atoms with Crippen LogP contribution in [0.3, 0.4) is 0 Å². The molecule has 1 N–H and O–H groups in total. The van der Waals surface area contributed by atoms with Crippen LogP contribution in [0.15, 0.2) is 24.3 Å². The molecule has 3 aliphatic rings. The maximum Gasteiger partial charge on any atom is 0.123 e. The van der Waals surface area contributed by atoms with E-state index in [1.807, 2.05) is 12.1 Å². The number of fused-ring (bicyclic) bond motifs is 2. The van der Waals surface area contributed by atoms with Crippen molar-refractivity contribution in [1.82, 2.24) is 4.90 Å². The summed E-state index contributed by atoms with van der Waals surface area (Å²) >= 11 is 0. The first-order chi connectivity index (χ1) is 12.7. The predicted octanol–water partition coefficient (Wildman–Crippen LogP) is 2.76. The highest BCUT2D eigenvalue weighted by atomic mass is 19.1. The fourth-order valence-corrected chi connectivity index (χ4v) is 5.13. The van der Waals surface area contributed by atoms with E-state index in [-0.39, 0.29) is 5.82 Å². The minimum absolute atomic E-state index is 0.194. The van der Waals surface area contributed by atoms with Crippen molar-refractivity contribution in [3.05, 3.63) is 30.1 Å². The van der Waals surface area contributed by atoms with Crippen LogP contribution in [-0.2, 0) is 4.74 Å². The summed E-state index contributed by atoms with van der Waals surface area (Å²) in [6.07, 6.45) is 5.15. The first-order valence-corrected chi connectivity index (χ1v) is 10.2. The number of aliphatic hydroxyl groups is 1. The van der Waals surface area contributed by atoms with Gasteiger partial charge in [0.05, 0.1) is 12.7 Å². The Morgan fingerprint density at radius 3 is 2.50 bits per heavy atom. The third-order valence-electron chi connectivity index (χ3n) is 6.56. The molecule has 26 heavy (non-hydrogen) atoms. The van der Waals surface area contributed by atoms with E-state index in [0.717, 1.165) is 56.2 Å². The molecule has 0 unspecified atom stereocenters. The fraction of sp³-hybridized carbons (Fsp3) is 0.714. The highest BCUT2D eigenvalue weighted by molar-refractivity contribution is 5.46. The smallest absolute Gasteiger partial charge is 0.123 e. The summed E-state index contributed by atoms with van der Waals surface area (Å²) in [4.78, 5) is 4.57. The summed E-state index contributed by atoms with van der Waals surface area (Å²) in [5.74, 6) is 2.38. The molecule has 4 nitrogen and oxygen atoms in total. The van der Waals surface area contributed by atoms with Gasteiger partial charge in [-0.2, -0.15) is 0 Å². The van der Waals surface area contributed by atoms with Crippen LogP contribution < -0.4 is 4.90 Å². The lowest BCUT2D eigenvalue weighted by Gasteiger charge is -2.37. The standard InChI is InChI=1S/C21H31FN2O2/c22-19-3-5-20(6-4-19)24-9-7-23(8-10-24)13-21(25)15-26-14-18-12-16-1-2-17(18)11-16/h3-6,16-18,21,25H,1-2,7-15H2/t16-,17-,18+,21+/m0/s1. The van der Waals surface area contributed by atoms with Crippen LogP contribution in [-0.4, -0.2) is 62.0 Å². The van der Waals surface area contributed by atoms with Gasteiger partial charge in [-0.25, -0.2) is 4.39 Å². The number of hydrogen-bond acceptors (Lipinski definition) is 4. The van der Waals surface area contributed by atoms with E-state index < -0.39 is 6.10 Å². The maximum atomic E-state index is 13.0. The minimum Gasteiger partial charge on any atom is -0.389 e. The Labute approximate surface area is 155 Å². The van der Waals surface area contributed by atoms with E-state index in [2.05, 4.69) is 9.80 Å². The Kier molecular flexibility index (Phi) is 5.77. The number of halogens is 1. The Bertz CT molecular complexity index is 574. The van der Waals surface area contributed by atoms with Crippen LogP contribution in [0.4, 0.5) is 10.1 Å². The molecule has 2 bridgehead atoms. The van der Waals surface area contributed by atoms with Crippen LogP contribution >= 0.6 is 0 Å². The van der Waals surface area contributed by atoms with Crippen molar-refractivity contribution in [3.63, 3.8) is 0 Å². The molecular formula is C21H31FN2O2. The van der Waals surface area contributed by atoms with Gasteiger partial charge in [-0.1, -0.05) is 6.42 Å². The average molecular weight is 362 g/mol. The molecule has 1 heterocycles. The highest BCUT2D eigenvalue weighted by Crippen LogP contribution is 2.48. The van der Waals surface area contributed by atoms with Gasteiger partial charge in [0.1, 0.15) is 5.82 Å². The predicted molar refractivity (Wildman–Crippen MR) is 101 cm³/mol. The number of aliphatic hydroxyl groups excluding tert-OH is 1. The summed E-state index contributed by atoms with van der Waals surface area (Å²) < 4.78 is 18.9. The summed E-state index contributed by atoms with van der Waals surface area (Å²) in [6.45, 7) is 5.60. The SMILES string of the molecule is O[C@@H](COC[C@H]1C[C@H]2CC[C@H]1C2)CN1CCN(c2ccc(F)cc2)CC1. The van der Waals surface area contributed by atoms with Gasteiger partial charge in [0.25, 0.3) is 0 Å². The van der Waals surface area contributed by atoms with Crippen molar-refractivity contribution in [1.29, 1.82) is 0 Å². The molecule has 1 aromatic rings. The number of rotatable bonds is 7. The van der Waals surface area contributed by atoms with Crippen molar-refractivity contribution in [2.75, 3.05) is 50.8 Å². The fourth-order valence-electron chi connectivity index (χ4n) is 5.13. The summed E-state index contributed by atoms with van der Waals surface area (Å²) in [7, 11) is 0. The third-order valence-corrected chi connectivity index (χ3v) is 6.56. The second-order valence-corrected chi connectivity index (χ2v) is 8.39. The van der Waals surface area contributed by atoms with Gasteiger partial charge in [0, 0.05) is 45.0 Å². The molecule has 1 saturated heterocycles. The molecule has 4 rings (SSSR count). The largest absolute Gasteiger partial charge is 0.389 e. The van der Waals surface area contributed by atoms with E-state index in [1.54, 1.807) is 0 Å². The first-order valence-electron chi connectivity index (χ1n) is 10.2. The van der Waals surface area contributed by atoms with Crippen LogP contribution in [0.2, 0.25) is 0 Å². The average Bonchev–Trinajstić information content (AvgIpc) is 3.26. The van der Waals surface area contributed by atoms with Crippen molar-refractivity contribution in [2.24, 2.45) is 17.8 Å². The molecule has 2 aliphatic carbocycles. The van der Waals surface area contributed by atoms with E-state index in [4.69, 9.17) is 4.74 Å². The molecule has 0 aromatic heterocycles. The van der Waals surface area contributed by atoms with Gasteiger partial charge in [-0.05, 0) is 61.3 Å². The molecular weight excluding hydrogens is 331 g/mol.